The summed E-state index contributed by atoms with van der Waals surface area (Å²) in [5.41, 5.74) is 1.68. The van der Waals surface area contributed by atoms with Crippen molar-refractivity contribution in [2.45, 2.75) is 17.3 Å². The van der Waals surface area contributed by atoms with E-state index in [4.69, 9.17) is 21.1 Å². The van der Waals surface area contributed by atoms with Crippen molar-refractivity contribution in [1.82, 2.24) is 14.8 Å². The summed E-state index contributed by atoms with van der Waals surface area (Å²) in [5.74, 6) is 1.77. The van der Waals surface area contributed by atoms with E-state index in [9.17, 15) is 4.79 Å². The number of thioether (sulfide) groups is 1. The third kappa shape index (κ3) is 4.95. The second-order valence-corrected chi connectivity index (χ2v) is 8.59. The molecule has 4 aromatic rings. The Kier molecular flexibility index (Phi) is 6.78. The predicted octanol–water partition coefficient (Wildman–Crippen LogP) is 6.03. The Balaban J connectivity index is 1.70. The number of nitrogens with zero attached hydrogens (tertiary/aromatic N) is 3. The SMILES string of the molecule is COC(=O)C(C)Sc1nnc(-c2ccc(Cl)cc2)n1-c1ccc(Oc2ccccc2)cc1. The molecule has 1 atom stereocenters. The third-order valence-electron chi connectivity index (χ3n) is 4.62. The molecule has 32 heavy (non-hydrogen) atoms. The molecule has 3 aromatic carbocycles. The highest BCUT2D eigenvalue weighted by Crippen LogP contribution is 2.32. The molecule has 162 valence electrons. The van der Waals surface area contributed by atoms with Crippen molar-refractivity contribution in [3.8, 4) is 28.6 Å². The zero-order chi connectivity index (χ0) is 22.5. The quantitative estimate of drug-likeness (QED) is 0.245. The zero-order valence-electron chi connectivity index (χ0n) is 17.4. The number of benzene rings is 3. The van der Waals surface area contributed by atoms with Crippen LogP contribution in [0, 0.1) is 0 Å². The Bertz CT molecular complexity index is 1200. The number of halogens is 1. The molecule has 1 unspecified atom stereocenters. The number of para-hydroxylation sites is 1. The number of ether oxygens (including phenoxy) is 2. The lowest BCUT2D eigenvalue weighted by molar-refractivity contribution is -0.139. The van der Waals surface area contributed by atoms with Gasteiger partial charge >= 0.3 is 5.97 Å². The molecular formula is C24H20ClN3O3S. The number of hydrogen-bond donors (Lipinski definition) is 0. The minimum Gasteiger partial charge on any atom is -0.468 e. The maximum atomic E-state index is 12.0. The van der Waals surface area contributed by atoms with Crippen LogP contribution in [0.1, 0.15) is 6.92 Å². The van der Waals surface area contributed by atoms with Crippen LogP contribution in [0.2, 0.25) is 5.02 Å². The molecule has 0 spiro atoms. The molecule has 0 aliphatic heterocycles. The van der Waals surface area contributed by atoms with Crippen LogP contribution in [-0.4, -0.2) is 33.1 Å². The lowest BCUT2D eigenvalue weighted by atomic mass is 10.2. The molecule has 0 radical (unpaired) electrons. The first-order valence-electron chi connectivity index (χ1n) is 9.84. The molecule has 1 heterocycles. The number of methoxy groups -OCH3 is 1. The van der Waals surface area contributed by atoms with E-state index in [1.165, 1.54) is 18.9 Å². The minimum atomic E-state index is -0.443. The van der Waals surface area contributed by atoms with Crippen LogP contribution in [0.15, 0.2) is 84.0 Å². The van der Waals surface area contributed by atoms with Gasteiger partial charge in [-0.05, 0) is 67.6 Å². The van der Waals surface area contributed by atoms with E-state index in [2.05, 4.69) is 10.2 Å². The van der Waals surface area contributed by atoms with Gasteiger partial charge < -0.3 is 9.47 Å². The van der Waals surface area contributed by atoms with Crippen molar-refractivity contribution in [2.24, 2.45) is 0 Å². The number of esters is 1. The predicted molar refractivity (Wildman–Crippen MR) is 126 cm³/mol. The average molecular weight is 466 g/mol. The van der Waals surface area contributed by atoms with Gasteiger partial charge in [0.15, 0.2) is 11.0 Å². The monoisotopic (exact) mass is 465 g/mol. The Morgan fingerprint density at radius 1 is 0.938 bits per heavy atom. The zero-order valence-corrected chi connectivity index (χ0v) is 19.0. The van der Waals surface area contributed by atoms with Crippen molar-refractivity contribution >= 4 is 29.3 Å². The van der Waals surface area contributed by atoms with Gasteiger partial charge in [-0.2, -0.15) is 0 Å². The van der Waals surface area contributed by atoms with Crippen LogP contribution in [-0.2, 0) is 9.53 Å². The van der Waals surface area contributed by atoms with E-state index >= 15 is 0 Å². The molecule has 0 saturated heterocycles. The third-order valence-corrected chi connectivity index (χ3v) is 5.90. The smallest absolute Gasteiger partial charge is 0.318 e. The van der Waals surface area contributed by atoms with E-state index < -0.39 is 5.25 Å². The van der Waals surface area contributed by atoms with E-state index in [0.717, 1.165) is 17.0 Å². The Hall–Kier alpha value is -3.29. The lowest BCUT2D eigenvalue weighted by Crippen LogP contribution is -2.15. The fraction of sp³-hybridized carbons (Fsp3) is 0.125. The Morgan fingerprint density at radius 2 is 1.59 bits per heavy atom. The number of aromatic nitrogens is 3. The highest BCUT2D eigenvalue weighted by Gasteiger charge is 2.22. The van der Waals surface area contributed by atoms with Crippen LogP contribution in [0.25, 0.3) is 17.1 Å². The molecule has 1 aromatic heterocycles. The van der Waals surface area contributed by atoms with Crippen LogP contribution < -0.4 is 4.74 Å². The van der Waals surface area contributed by atoms with Gasteiger partial charge in [0, 0.05) is 16.3 Å². The maximum absolute atomic E-state index is 12.0. The number of rotatable bonds is 7. The summed E-state index contributed by atoms with van der Waals surface area (Å²) in [6.45, 7) is 1.77. The molecule has 8 heteroatoms. The van der Waals surface area contributed by atoms with E-state index in [1.807, 2.05) is 71.3 Å². The van der Waals surface area contributed by atoms with E-state index in [0.29, 0.717) is 21.8 Å². The molecule has 0 bridgehead atoms. The van der Waals surface area contributed by atoms with Gasteiger partial charge in [-0.25, -0.2) is 0 Å². The summed E-state index contributed by atoms with van der Waals surface area (Å²) in [6.07, 6.45) is 0. The second kappa shape index (κ2) is 9.89. The van der Waals surface area contributed by atoms with Crippen LogP contribution in [0.4, 0.5) is 0 Å². The van der Waals surface area contributed by atoms with Crippen molar-refractivity contribution in [3.05, 3.63) is 83.9 Å². The fourth-order valence-electron chi connectivity index (χ4n) is 3.03. The first kappa shape index (κ1) is 21.9. The average Bonchev–Trinajstić information content (AvgIpc) is 3.23. The molecule has 0 aliphatic rings. The topological polar surface area (TPSA) is 66.2 Å². The summed E-state index contributed by atoms with van der Waals surface area (Å²) >= 11 is 7.33. The minimum absolute atomic E-state index is 0.329. The van der Waals surface area contributed by atoms with Gasteiger partial charge in [0.05, 0.1) is 7.11 Å². The highest BCUT2D eigenvalue weighted by atomic mass is 35.5. The molecular weight excluding hydrogens is 446 g/mol. The standard InChI is InChI=1S/C24H20ClN3O3S/c1-16(23(29)30-2)32-24-27-26-22(17-8-10-18(25)11-9-17)28(24)19-12-14-21(15-13-19)31-20-6-4-3-5-7-20/h3-16H,1-2H3. The number of carbonyl (C=O) groups excluding carboxylic acids is 1. The first-order chi connectivity index (χ1) is 15.5. The molecule has 0 aliphatic carbocycles. The van der Waals surface area contributed by atoms with Gasteiger partial charge in [0.25, 0.3) is 0 Å². The van der Waals surface area contributed by atoms with Crippen molar-refractivity contribution in [3.63, 3.8) is 0 Å². The largest absolute Gasteiger partial charge is 0.468 e. The normalized spacial score (nSPS) is 11.7. The summed E-state index contributed by atoms with van der Waals surface area (Å²) in [4.78, 5) is 12.0. The fourth-order valence-corrected chi connectivity index (χ4v) is 4.04. The van der Waals surface area contributed by atoms with E-state index in [-0.39, 0.29) is 5.97 Å². The van der Waals surface area contributed by atoms with Crippen LogP contribution >= 0.6 is 23.4 Å². The molecule has 0 fully saturated rings. The Labute approximate surface area is 195 Å². The lowest BCUT2D eigenvalue weighted by Gasteiger charge is -2.13. The number of carbonyl (C=O) groups is 1. The molecule has 0 saturated carbocycles. The highest BCUT2D eigenvalue weighted by molar-refractivity contribution is 8.00. The summed E-state index contributed by atoms with van der Waals surface area (Å²) in [5, 5.41) is 9.49. The second-order valence-electron chi connectivity index (χ2n) is 6.84. The van der Waals surface area contributed by atoms with Gasteiger partial charge in [0.1, 0.15) is 16.7 Å². The molecule has 6 nitrogen and oxygen atoms in total. The van der Waals surface area contributed by atoms with Gasteiger partial charge in [-0.1, -0.05) is 41.6 Å². The maximum Gasteiger partial charge on any atom is 0.318 e. The number of hydrogen-bond acceptors (Lipinski definition) is 6. The first-order valence-corrected chi connectivity index (χ1v) is 11.1. The molecule has 4 rings (SSSR count). The van der Waals surface area contributed by atoms with Gasteiger partial charge in [-0.15, -0.1) is 10.2 Å². The van der Waals surface area contributed by atoms with Crippen molar-refractivity contribution in [1.29, 1.82) is 0 Å². The van der Waals surface area contributed by atoms with Crippen LogP contribution in [0.5, 0.6) is 11.5 Å². The van der Waals surface area contributed by atoms with Gasteiger partial charge in [-0.3, -0.25) is 9.36 Å². The van der Waals surface area contributed by atoms with Crippen molar-refractivity contribution < 1.29 is 14.3 Å². The van der Waals surface area contributed by atoms with Crippen molar-refractivity contribution in [2.75, 3.05) is 7.11 Å². The molecule has 0 N–H and O–H groups in total. The summed E-state index contributed by atoms with van der Waals surface area (Å²) < 4.78 is 12.7. The van der Waals surface area contributed by atoms with Crippen LogP contribution in [0.3, 0.4) is 0 Å². The van der Waals surface area contributed by atoms with E-state index in [1.54, 1.807) is 19.1 Å². The molecule has 0 amide bonds. The van der Waals surface area contributed by atoms with Gasteiger partial charge in [0.2, 0.25) is 0 Å². The summed E-state index contributed by atoms with van der Waals surface area (Å²) in [7, 11) is 1.37. The summed E-state index contributed by atoms with van der Waals surface area (Å²) in [6, 6.07) is 24.6. The Morgan fingerprint density at radius 3 is 2.25 bits per heavy atom.